The number of anilines is 1. The SMILES string of the molecule is CC[C@H](NC(=O)c1ccc(NC(=O)OCC2c3ccccc3-c3ccccc32)c(Br)c1)C(=O)O. The molecule has 1 aliphatic carbocycles. The van der Waals surface area contributed by atoms with Gasteiger partial charge < -0.3 is 15.2 Å². The monoisotopic (exact) mass is 522 g/mol. The number of hydrogen-bond donors (Lipinski definition) is 3. The molecule has 0 unspecified atom stereocenters. The van der Waals surface area contributed by atoms with Gasteiger partial charge in [-0.05, 0) is 62.8 Å². The van der Waals surface area contributed by atoms with Crippen molar-refractivity contribution in [2.24, 2.45) is 0 Å². The van der Waals surface area contributed by atoms with E-state index in [1.807, 2.05) is 24.3 Å². The molecule has 2 amide bonds. The molecule has 8 heteroatoms. The highest BCUT2D eigenvalue weighted by atomic mass is 79.9. The first kappa shape index (κ1) is 23.5. The van der Waals surface area contributed by atoms with Crippen LogP contribution in [0.2, 0.25) is 0 Å². The smallest absolute Gasteiger partial charge is 0.411 e. The maximum absolute atomic E-state index is 12.5. The van der Waals surface area contributed by atoms with Crippen LogP contribution in [0.25, 0.3) is 11.1 Å². The number of aliphatic carboxylic acids is 1. The molecule has 1 atom stereocenters. The lowest BCUT2D eigenvalue weighted by Gasteiger charge is -2.15. The minimum atomic E-state index is -1.09. The number of ether oxygens (including phenoxy) is 1. The Balaban J connectivity index is 1.40. The van der Waals surface area contributed by atoms with Gasteiger partial charge >= 0.3 is 12.1 Å². The summed E-state index contributed by atoms with van der Waals surface area (Å²) in [6.07, 6.45) is -0.347. The molecule has 0 aromatic heterocycles. The maximum Gasteiger partial charge on any atom is 0.411 e. The number of rotatable bonds is 7. The fourth-order valence-corrected chi connectivity index (χ4v) is 4.56. The van der Waals surface area contributed by atoms with E-state index in [9.17, 15) is 14.4 Å². The molecule has 3 aromatic carbocycles. The van der Waals surface area contributed by atoms with Crippen molar-refractivity contribution in [2.75, 3.05) is 11.9 Å². The molecule has 7 nitrogen and oxygen atoms in total. The molecule has 0 aliphatic heterocycles. The molecule has 0 fully saturated rings. The lowest BCUT2D eigenvalue weighted by atomic mass is 9.98. The van der Waals surface area contributed by atoms with Gasteiger partial charge in [-0.1, -0.05) is 55.5 Å². The molecule has 34 heavy (non-hydrogen) atoms. The predicted molar refractivity (Wildman–Crippen MR) is 132 cm³/mol. The Morgan fingerprint density at radius 1 is 1.00 bits per heavy atom. The number of carboxylic acids is 1. The second kappa shape index (κ2) is 10.1. The van der Waals surface area contributed by atoms with E-state index in [2.05, 4.69) is 50.8 Å². The summed E-state index contributed by atoms with van der Waals surface area (Å²) in [7, 11) is 0. The topological polar surface area (TPSA) is 105 Å². The van der Waals surface area contributed by atoms with Gasteiger partial charge in [0.05, 0.1) is 5.69 Å². The molecule has 0 spiro atoms. The highest BCUT2D eigenvalue weighted by molar-refractivity contribution is 9.10. The van der Waals surface area contributed by atoms with Gasteiger partial charge in [-0.25, -0.2) is 9.59 Å². The first-order valence-electron chi connectivity index (χ1n) is 10.8. The molecule has 0 saturated carbocycles. The number of carboxylic acid groups (broad SMARTS) is 1. The quantitative estimate of drug-likeness (QED) is 0.385. The summed E-state index contributed by atoms with van der Waals surface area (Å²) >= 11 is 3.35. The van der Waals surface area contributed by atoms with E-state index in [1.165, 1.54) is 12.1 Å². The van der Waals surface area contributed by atoms with E-state index < -0.39 is 24.0 Å². The van der Waals surface area contributed by atoms with Gasteiger partial charge in [0, 0.05) is 16.0 Å². The van der Waals surface area contributed by atoms with Crippen LogP contribution in [-0.4, -0.2) is 35.7 Å². The van der Waals surface area contributed by atoms with Crippen LogP contribution < -0.4 is 10.6 Å². The normalized spacial score (nSPS) is 12.9. The molecule has 0 heterocycles. The van der Waals surface area contributed by atoms with E-state index in [1.54, 1.807) is 13.0 Å². The highest BCUT2D eigenvalue weighted by Gasteiger charge is 2.29. The van der Waals surface area contributed by atoms with Crippen LogP contribution >= 0.6 is 15.9 Å². The summed E-state index contributed by atoms with van der Waals surface area (Å²) in [5, 5.41) is 14.3. The Kier molecular flexibility index (Phi) is 6.98. The zero-order valence-electron chi connectivity index (χ0n) is 18.4. The number of benzene rings is 3. The van der Waals surface area contributed by atoms with Gasteiger partial charge in [0.2, 0.25) is 0 Å². The Morgan fingerprint density at radius 2 is 1.62 bits per heavy atom. The molecule has 3 aromatic rings. The van der Waals surface area contributed by atoms with Crippen LogP contribution in [0.5, 0.6) is 0 Å². The molecule has 4 rings (SSSR count). The van der Waals surface area contributed by atoms with Crippen molar-refractivity contribution in [1.29, 1.82) is 0 Å². The maximum atomic E-state index is 12.5. The van der Waals surface area contributed by atoms with Crippen molar-refractivity contribution in [3.63, 3.8) is 0 Å². The minimum absolute atomic E-state index is 0.0478. The average Bonchev–Trinajstić information content (AvgIpc) is 3.16. The number of carbonyl (C=O) groups excluding carboxylic acids is 2. The number of carbonyl (C=O) groups is 3. The first-order valence-corrected chi connectivity index (χ1v) is 11.6. The molecule has 3 N–H and O–H groups in total. The third-order valence-corrected chi connectivity index (χ3v) is 6.48. The molecule has 0 radical (unpaired) electrons. The number of halogens is 1. The van der Waals surface area contributed by atoms with E-state index in [-0.39, 0.29) is 24.5 Å². The molecule has 0 bridgehead atoms. The summed E-state index contributed by atoms with van der Waals surface area (Å²) in [5.74, 6) is -1.65. The van der Waals surface area contributed by atoms with E-state index in [0.717, 1.165) is 22.3 Å². The van der Waals surface area contributed by atoms with Crippen LogP contribution in [0.3, 0.4) is 0 Å². The summed E-state index contributed by atoms with van der Waals surface area (Å²) in [5.41, 5.74) is 5.25. The van der Waals surface area contributed by atoms with Crippen molar-refractivity contribution < 1.29 is 24.2 Å². The second-order valence-electron chi connectivity index (χ2n) is 7.92. The highest BCUT2D eigenvalue weighted by Crippen LogP contribution is 2.44. The van der Waals surface area contributed by atoms with Crippen LogP contribution in [0, 0.1) is 0 Å². The van der Waals surface area contributed by atoms with E-state index >= 15 is 0 Å². The average molecular weight is 523 g/mol. The minimum Gasteiger partial charge on any atom is -0.480 e. The van der Waals surface area contributed by atoms with Gasteiger partial charge in [-0.15, -0.1) is 0 Å². The number of amides is 2. The molecule has 0 saturated heterocycles. The van der Waals surface area contributed by atoms with Crippen LogP contribution in [0.1, 0.15) is 40.7 Å². The fraction of sp³-hybridized carbons (Fsp3) is 0.192. The molecular weight excluding hydrogens is 500 g/mol. The zero-order chi connectivity index (χ0) is 24.2. The lowest BCUT2D eigenvalue weighted by Crippen LogP contribution is -2.40. The summed E-state index contributed by atoms with van der Waals surface area (Å²) in [6.45, 7) is 1.86. The van der Waals surface area contributed by atoms with Crippen LogP contribution in [0.4, 0.5) is 10.5 Å². The van der Waals surface area contributed by atoms with E-state index in [4.69, 9.17) is 9.84 Å². The standard InChI is InChI=1S/C26H23BrN2O5/c1-2-22(25(31)32)28-24(30)15-11-12-23(21(27)13-15)29-26(33)34-14-20-18-9-5-3-7-16(18)17-8-4-6-10-19(17)20/h3-13,20,22H,2,14H2,1H3,(H,28,30)(H,29,33)(H,31,32)/t22-/m0/s1. The van der Waals surface area contributed by atoms with Crippen molar-refractivity contribution in [3.8, 4) is 11.1 Å². The second-order valence-corrected chi connectivity index (χ2v) is 8.77. The summed E-state index contributed by atoms with van der Waals surface area (Å²) < 4.78 is 6.02. The molecular formula is C26H23BrN2O5. The Bertz CT molecular complexity index is 1210. The Labute approximate surface area is 205 Å². The largest absolute Gasteiger partial charge is 0.480 e. The number of hydrogen-bond acceptors (Lipinski definition) is 4. The van der Waals surface area contributed by atoms with Gasteiger partial charge in [0.1, 0.15) is 12.6 Å². The van der Waals surface area contributed by atoms with Crippen molar-refractivity contribution in [1.82, 2.24) is 5.32 Å². The zero-order valence-corrected chi connectivity index (χ0v) is 20.0. The summed E-state index contributed by atoms with van der Waals surface area (Å²) in [4.78, 5) is 36.0. The van der Waals surface area contributed by atoms with Crippen molar-refractivity contribution in [2.45, 2.75) is 25.3 Å². The van der Waals surface area contributed by atoms with Gasteiger partial charge in [-0.2, -0.15) is 0 Å². The first-order chi connectivity index (χ1) is 16.4. The third kappa shape index (κ3) is 4.82. The molecule has 174 valence electrons. The van der Waals surface area contributed by atoms with E-state index in [0.29, 0.717) is 10.2 Å². The third-order valence-electron chi connectivity index (χ3n) is 5.82. The Hall–Kier alpha value is -3.65. The van der Waals surface area contributed by atoms with Crippen molar-refractivity contribution >= 4 is 39.6 Å². The Morgan fingerprint density at radius 3 is 2.18 bits per heavy atom. The van der Waals surface area contributed by atoms with Gasteiger partial charge in [-0.3, -0.25) is 10.1 Å². The van der Waals surface area contributed by atoms with Crippen molar-refractivity contribution in [3.05, 3.63) is 87.9 Å². The summed E-state index contributed by atoms with van der Waals surface area (Å²) in [6, 6.07) is 19.8. The fourth-order valence-electron chi connectivity index (χ4n) is 4.08. The van der Waals surface area contributed by atoms with Crippen LogP contribution in [0.15, 0.2) is 71.2 Å². The predicted octanol–water partition coefficient (Wildman–Crippen LogP) is 5.40. The number of fused-ring (bicyclic) bond motifs is 3. The van der Waals surface area contributed by atoms with Gasteiger partial charge in [0.25, 0.3) is 5.91 Å². The molecule has 1 aliphatic rings. The van der Waals surface area contributed by atoms with Crippen LogP contribution in [-0.2, 0) is 9.53 Å². The van der Waals surface area contributed by atoms with Gasteiger partial charge in [0.15, 0.2) is 0 Å². The lowest BCUT2D eigenvalue weighted by molar-refractivity contribution is -0.139. The number of nitrogens with one attached hydrogen (secondary N) is 2.